The van der Waals surface area contributed by atoms with E-state index in [4.69, 9.17) is 0 Å². The van der Waals surface area contributed by atoms with Crippen molar-refractivity contribution in [2.45, 2.75) is 63.0 Å². The first-order valence-corrected chi connectivity index (χ1v) is 8.59. The van der Waals surface area contributed by atoms with Gasteiger partial charge in [-0.2, -0.15) is 0 Å². The Morgan fingerprint density at radius 1 is 1.06 bits per heavy atom. The van der Waals surface area contributed by atoms with E-state index in [0.717, 1.165) is 25.2 Å². The molecule has 0 amide bonds. The van der Waals surface area contributed by atoms with E-state index in [1.807, 2.05) is 0 Å². The number of Topliss-reactive ketones (excluding diaryl/α,β-unsaturated/α-hetero) is 1. The van der Waals surface area contributed by atoms with E-state index in [1.165, 1.54) is 38.5 Å². The minimum absolute atomic E-state index is 0.319. The first-order chi connectivity index (χ1) is 7.83. The van der Waals surface area contributed by atoms with Crippen molar-refractivity contribution in [2.24, 2.45) is 11.8 Å². The van der Waals surface area contributed by atoms with E-state index in [2.05, 4.69) is 11.7 Å². The fourth-order valence-electron chi connectivity index (χ4n) is 3.31. The van der Waals surface area contributed by atoms with Gasteiger partial charge in [0.25, 0.3) is 0 Å². The molecule has 2 saturated carbocycles. The van der Waals surface area contributed by atoms with Crippen molar-refractivity contribution in [3.8, 4) is 0 Å². The Morgan fingerprint density at radius 2 is 1.75 bits per heavy atom. The van der Waals surface area contributed by atoms with Crippen molar-refractivity contribution >= 4 is 28.2 Å². The van der Waals surface area contributed by atoms with Gasteiger partial charge in [-0.05, 0) is 31.6 Å². The lowest BCUT2D eigenvalue weighted by Crippen LogP contribution is -2.34. The molecule has 0 aliphatic heterocycles. The topological polar surface area (TPSA) is 17.1 Å². The molecule has 0 aromatic carbocycles. The van der Waals surface area contributed by atoms with Crippen molar-refractivity contribution in [1.82, 2.24) is 0 Å². The molecule has 2 fully saturated rings. The van der Waals surface area contributed by atoms with Gasteiger partial charge in [-0.25, -0.2) is 0 Å². The zero-order chi connectivity index (χ0) is 11.4. The molecule has 0 radical (unpaired) electrons. The van der Waals surface area contributed by atoms with Gasteiger partial charge in [0.2, 0.25) is 0 Å². The van der Waals surface area contributed by atoms with E-state index < -0.39 is 0 Å². The SMILES string of the molecule is O=C1CCCCC1C(SS)C1CCCCC1. The molecule has 2 aliphatic rings. The smallest absolute Gasteiger partial charge is 0.137 e. The Labute approximate surface area is 108 Å². The van der Waals surface area contributed by atoms with Crippen LogP contribution < -0.4 is 0 Å². The van der Waals surface area contributed by atoms with Crippen LogP contribution in [0, 0.1) is 11.8 Å². The molecular weight excluding hydrogens is 236 g/mol. The summed E-state index contributed by atoms with van der Waals surface area (Å²) in [5.74, 6) is 1.59. The molecule has 0 saturated heterocycles. The van der Waals surface area contributed by atoms with Crippen LogP contribution in [0.3, 0.4) is 0 Å². The summed E-state index contributed by atoms with van der Waals surface area (Å²) in [6, 6.07) is 0. The second-order valence-corrected chi connectivity index (χ2v) is 6.67. The van der Waals surface area contributed by atoms with Crippen molar-refractivity contribution in [3.63, 3.8) is 0 Å². The summed E-state index contributed by atoms with van der Waals surface area (Å²) in [5, 5.41) is 0.497. The number of ketones is 1. The van der Waals surface area contributed by atoms with Crippen molar-refractivity contribution in [1.29, 1.82) is 0 Å². The normalized spacial score (nSPS) is 30.3. The van der Waals surface area contributed by atoms with Gasteiger partial charge in [-0.1, -0.05) is 36.5 Å². The number of carbonyl (C=O) groups is 1. The largest absolute Gasteiger partial charge is 0.299 e. The van der Waals surface area contributed by atoms with Crippen LogP contribution in [0.15, 0.2) is 0 Å². The summed E-state index contributed by atoms with van der Waals surface area (Å²) < 4.78 is 0. The van der Waals surface area contributed by atoms with Crippen LogP contribution >= 0.6 is 22.5 Å². The lowest BCUT2D eigenvalue weighted by atomic mass is 9.76. The van der Waals surface area contributed by atoms with Crippen molar-refractivity contribution < 1.29 is 4.79 Å². The van der Waals surface area contributed by atoms with Crippen LogP contribution in [0.5, 0.6) is 0 Å². The summed E-state index contributed by atoms with van der Waals surface area (Å²) in [7, 11) is 1.66. The molecule has 16 heavy (non-hydrogen) atoms. The van der Waals surface area contributed by atoms with Gasteiger partial charge in [-0.15, -0.1) is 11.7 Å². The van der Waals surface area contributed by atoms with E-state index in [9.17, 15) is 4.79 Å². The fourth-order valence-corrected chi connectivity index (χ4v) is 5.14. The Kier molecular flexibility index (Phi) is 5.08. The highest BCUT2D eigenvalue weighted by atomic mass is 33.1. The average molecular weight is 258 g/mol. The average Bonchev–Trinajstić information content (AvgIpc) is 2.34. The maximum absolute atomic E-state index is 12.0. The maximum Gasteiger partial charge on any atom is 0.137 e. The lowest BCUT2D eigenvalue weighted by molar-refractivity contribution is -0.124. The predicted molar refractivity (Wildman–Crippen MR) is 73.9 cm³/mol. The molecule has 2 unspecified atom stereocenters. The highest BCUT2D eigenvalue weighted by Gasteiger charge is 2.35. The van der Waals surface area contributed by atoms with Crippen LogP contribution in [0.25, 0.3) is 0 Å². The van der Waals surface area contributed by atoms with Crippen LogP contribution in [0.2, 0.25) is 0 Å². The molecule has 0 spiro atoms. The van der Waals surface area contributed by atoms with Gasteiger partial charge in [0.15, 0.2) is 0 Å². The zero-order valence-corrected chi connectivity index (χ0v) is 11.6. The minimum atomic E-state index is 0.319. The third kappa shape index (κ3) is 2.98. The van der Waals surface area contributed by atoms with Crippen LogP contribution in [-0.4, -0.2) is 11.0 Å². The molecule has 2 rings (SSSR count). The van der Waals surface area contributed by atoms with E-state index in [0.29, 0.717) is 17.0 Å². The highest BCUT2D eigenvalue weighted by molar-refractivity contribution is 8.68. The third-order valence-electron chi connectivity index (χ3n) is 4.23. The Hall–Kier alpha value is 0.370. The molecular formula is C13H22OS2. The van der Waals surface area contributed by atoms with Gasteiger partial charge in [-0.3, -0.25) is 4.79 Å². The van der Waals surface area contributed by atoms with E-state index in [1.54, 1.807) is 10.8 Å². The zero-order valence-electron chi connectivity index (χ0n) is 9.86. The van der Waals surface area contributed by atoms with Crippen LogP contribution in [-0.2, 0) is 4.79 Å². The third-order valence-corrected chi connectivity index (χ3v) is 5.92. The van der Waals surface area contributed by atoms with Gasteiger partial charge >= 0.3 is 0 Å². The summed E-state index contributed by atoms with van der Waals surface area (Å²) in [6.07, 6.45) is 11.0. The molecule has 92 valence electrons. The second-order valence-electron chi connectivity index (χ2n) is 5.29. The number of hydrogen-bond acceptors (Lipinski definition) is 3. The predicted octanol–water partition coefficient (Wildman–Crippen LogP) is 4.27. The summed E-state index contributed by atoms with van der Waals surface area (Å²) in [6.45, 7) is 0. The first-order valence-electron chi connectivity index (χ1n) is 6.66. The molecule has 0 aromatic rings. The highest BCUT2D eigenvalue weighted by Crippen LogP contribution is 2.41. The van der Waals surface area contributed by atoms with Crippen molar-refractivity contribution in [3.05, 3.63) is 0 Å². The fraction of sp³-hybridized carbons (Fsp3) is 0.923. The monoisotopic (exact) mass is 258 g/mol. The summed E-state index contributed by atoms with van der Waals surface area (Å²) in [4.78, 5) is 12.0. The molecule has 0 N–H and O–H groups in total. The number of thiol groups is 1. The van der Waals surface area contributed by atoms with Crippen LogP contribution in [0.4, 0.5) is 0 Å². The molecule has 0 heterocycles. The molecule has 1 nitrogen and oxygen atoms in total. The summed E-state index contributed by atoms with van der Waals surface area (Å²) in [5.41, 5.74) is 0. The number of carbonyl (C=O) groups excluding carboxylic acids is 1. The van der Waals surface area contributed by atoms with Gasteiger partial charge in [0.05, 0.1) is 0 Å². The molecule has 0 bridgehead atoms. The number of hydrogen-bond donors (Lipinski definition) is 1. The Bertz CT molecular complexity index is 236. The van der Waals surface area contributed by atoms with Gasteiger partial charge < -0.3 is 0 Å². The standard InChI is InChI=1S/C13H22OS2/c14-12-9-5-4-8-11(12)13(16-15)10-6-2-1-3-7-10/h10-11,13,15H,1-9H2. The van der Waals surface area contributed by atoms with Crippen molar-refractivity contribution in [2.75, 3.05) is 0 Å². The van der Waals surface area contributed by atoms with Gasteiger partial charge in [0.1, 0.15) is 5.78 Å². The van der Waals surface area contributed by atoms with E-state index >= 15 is 0 Å². The first kappa shape index (κ1) is 12.8. The maximum atomic E-state index is 12.0. The Morgan fingerprint density at radius 3 is 2.38 bits per heavy atom. The lowest BCUT2D eigenvalue weighted by Gasteiger charge is -2.35. The molecule has 3 heteroatoms. The summed E-state index contributed by atoms with van der Waals surface area (Å²) >= 11 is 4.44. The second kappa shape index (κ2) is 6.34. The van der Waals surface area contributed by atoms with Gasteiger partial charge in [0, 0.05) is 17.6 Å². The Balaban J connectivity index is 1.99. The quantitative estimate of drug-likeness (QED) is 0.601. The molecule has 2 atom stereocenters. The molecule has 2 aliphatic carbocycles. The van der Waals surface area contributed by atoms with Crippen LogP contribution in [0.1, 0.15) is 57.8 Å². The molecule has 0 aromatic heterocycles. The minimum Gasteiger partial charge on any atom is -0.299 e. The van der Waals surface area contributed by atoms with E-state index in [-0.39, 0.29) is 0 Å². The number of rotatable bonds is 3.